The fraction of sp³-hybridized carbons (Fsp3) is 0.0909. The molecule has 1 aromatic heterocycles. The minimum atomic E-state index is -4.53. The normalized spacial score (nSPS) is 14.5. The lowest BCUT2D eigenvalue weighted by Gasteiger charge is -2.16. The Balaban J connectivity index is 1.70. The number of nitrogens with one attached hydrogen (secondary N) is 1. The number of hydrogen-bond donors (Lipinski definition) is 1. The van der Waals surface area contributed by atoms with Gasteiger partial charge in [0.1, 0.15) is 5.70 Å². The molecule has 9 heteroatoms. The highest BCUT2D eigenvalue weighted by Crippen LogP contribution is 2.35. The summed E-state index contributed by atoms with van der Waals surface area (Å²) in [5.41, 5.74) is -0.0250. The van der Waals surface area contributed by atoms with E-state index in [1.165, 1.54) is 23.5 Å². The van der Waals surface area contributed by atoms with Crippen LogP contribution in [0, 0.1) is 0 Å². The number of rotatable bonds is 5. The number of amides is 2. The van der Waals surface area contributed by atoms with Crippen LogP contribution in [0.15, 0.2) is 71.7 Å². The summed E-state index contributed by atoms with van der Waals surface area (Å²) < 4.78 is 39.2. The minimum Gasteiger partial charge on any atom is -0.350 e. The molecule has 0 saturated carbocycles. The van der Waals surface area contributed by atoms with Crippen LogP contribution in [0.25, 0.3) is 5.57 Å². The van der Waals surface area contributed by atoms with E-state index in [1.807, 2.05) is 0 Å². The average molecular weight is 463 g/mol. The highest BCUT2D eigenvalue weighted by atomic mass is 35.5. The molecule has 4 rings (SSSR count). The number of alkyl halides is 3. The van der Waals surface area contributed by atoms with E-state index in [1.54, 1.807) is 41.8 Å². The molecule has 0 radical (unpaired) electrons. The predicted octanol–water partition coefficient (Wildman–Crippen LogP) is 5.81. The molecule has 0 atom stereocenters. The van der Waals surface area contributed by atoms with Crippen molar-refractivity contribution >= 4 is 46.0 Å². The number of anilines is 1. The van der Waals surface area contributed by atoms with Gasteiger partial charge < -0.3 is 5.32 Å². The molecule has 158 valence electrons. The van der Waals surface area contributed by atoms with Crippen molar-refractivity contribution in [2.45, 2.75) is 12.7 Å². The third kappa shape index (κ3) is 4.35. The SMILES string of the molecule is O=C1C(Nc2cccc(C(F)(F)F)c2)=C(c2cccs2)C(=O)N1Cc1ccc(Cl)cc1. The van der Waals surface area contributed by atoms with Crippen molar-refractivity contribution in [1.29, 1.82) is 0 Å². The molecule has 0 saturated heterocycles. The largest absolute Gasteiger partial charge is 0.416 e. The number of imide groups is 1. The lowest BCUT2D eigenvalue weighted by Crippen LogP contribution is -2.31. The van der Waals surface area contributed by atoms with Crippen molar-refractivity contribution in [2.24, 2.45) is 0 Å². The van der Waals surface area contributed by atoms with Gasteiger partial charge in [0.15, 0.2) is 0 Å². The first kappa shape index (κ1) is 21.1. The Morgan fingerprint density at radius 3 is 2.35 bits per heavy atom. The van der Waals surface area contributed by atoms with E-state index in [0.717, 1.165) is 17.0 Å². The first-order valence-corrected chi connectivity index (χ1v) is 10.3. The van der Waals surface area contributed by atoms with E-state index in [9.17, 15) is 22.8 Å². The van der Waals surface area contributed by atoms with E-state index >= 15 is 0 Å². The van der Waals surface area contributed by atoms with Gasteiger partial charge in [-0.3, -0.25) is 14.5 Å². The maximum absolute atomic E-state index is 13.1. The third-order valence-corrected chi connectivity index (χ3v) is 5.79. The molecular weight excluding hydrogens is 449 g/mol. The van der Waals surface area contributed by atoms with Gasteiger partial charge in [-0.15, -0.1) is 11.3 Å². The Morgan fingerprint density at radius 1 is 0.968 bits per heavy atom. The lowest BCUT2D eigenvalue weighted by atomic mass is 10.1. The predicted molar refractivity (Wildman–Crippen MR) is 113 cm³/mol. The van der Waals surface area contributed by atoms with Crippen LogP contribution in [-0.4, -0.2) is 16.7 Å². The summed E-state index contributed by atoms with van der Waals surface area (Å²) in [6.45, 7) is 0.0114. The number of benzene rings is 2. The van der Waals surface area contributed by atoms with Crippen molar-refractivity contribution in [3.05, 3.63) is 92.8 Å². The van der Waals surface area contributed by atoms with Gasteiger partial charge in [0, 0.05) is 15.6 Å². The Kier molecular flexibility index (Phi) is 5.60. The zero-order valence-electron chi connectivity index (χ0n) is 15.7. The fourth-order valence-electron chi connectivity index (χ4n) is 3.17. The molecule has 1 N–H and O–H groups in total. The maximum atomic E-state index is 13.1. The number of thiophene rings is 1. The average Bonchev–Trinajstić information content (AvgIpc) is 3.32. The standard InChI is InChI=1S/C22H14ClF3N2O2S/c23-15-8-6-13(7-9-15)12-28-20(29)18(17-5-2-10-31-17)19(21(28)30)27-16-4-1-3-14(11-16)22(24,25)26/h1-11,27H,12H2. The van der Waals surface area contributed by atoms with Gasteiger partial charge in [-0.25, -0.2) is 0 Å². The fourth-order valence-corrected chi connectivity index (χ4v) is 4.07. The third-order valence-electron chi connectivity index (χ3n) is 4.65. The highest BCUT2D eigenvalue weighted by Gasteiger charge is 2.40. The molecule has 0 aliphatic carbocycles. The second kappa shape index (κ2) is 8.20. The summed E-state index contributed by atoms with van der Waals surface area (Å²) in [4.78, 5) is 27.9. The molecule has 31 heavy (non-hydrogen) atoms. The zero-order chi connectivity index (χ0) is 22.2. The van der Waals surface area contributed by atoms with Crippen LogP contribution < -0.4 is 5.32 Å². The van der Waals surface area contributed by atoms with E-state index in [4.69, 9.17) is 11.6 Å². The second-order valence-corrected chi connectivity index (χ2v) is 8.14. The topological polar surface area (TPSA) is 49.4 Å². The molecule has 0 unspecified atom stereocenters. The zero-order valence-corrected chi connectivity index (χ0v) is 17.3. The molecule has 2 amide bonds. The lowest BCUT2D eigenvalue weighted by molar-refractivity contribution is -0.138. The van der Waals surface area contributed by atoms with Gasteiger partial charge in [-0.05, 0) is 47.3 Å². The van der Waals surface area contributed by atoms with Gasteiger partial charge in [-0.1, -0.05) is 35.9 Å². The van der Waals surface area contributed by atoms with E-state index in [-0.39, 0.29) is 23.5 Å². The number of nitrogens with zero attached hydrogens (tertiary/aromatic N) is 1. The molecule has 1 aliphatic heterocycles. The number of halogens is 4. The van der Waals surface area contributed by atoms with Crippen LogP contribution in [0.2, 0.25) is 5.02 Å². The second-order valence-electron chi connectivity index (χ2n) is 6.75. The van der Waals surface area contributed by atoms with E-state index in [0.29, 0.717) is 15.5 Å². The van der Waals surface area contributed by atoms with Gasteiger partial charge >= 0.3 is 6.18 Å². The first-order chi connectivity index (χ1) is 14.7. The molecule has 2 heterocycles. The van der Waals surface area contributed by atoms with Crippen molar-refractivity contribution in [1.82, 2.24) is 4.90 Å². The molecule has 0 bridgehead atoms. The summed E-state index contributed by atoms with van der Waals surface area (Å²) in [6, 6.07) is 14.6. The highest BCUT2D eigenvalue weighted by molar-refractivity contribution is 7.11. The van der Waals surface area contributed by atoms with Gasteiger partial charge in [-0.2, -0.15) is 13.2 Å². The Bertz CT molecular complexity index is 1170. The molecule has 3 aromatic rings. The van der Waals surface area contributed by atoms with E-state index in [2.05, 4.69) is 5.32 Å². The molecule has 4 nitrogen and oxygen atoms in total. The van der Waals surface area contributed by atoms with Crippen molar-refractivity contribution < 1.29 is 22.8 Å². The Hall–Kier alpha value is -3.10. The summed E-state index contributed by atoms with van der Waals surface area (Å²) in [5, 5.41) is 5.02. The Labute approximate surface area is 184 Å². The van der Waals surface area contributed by atoms with Crippen molar-refractivity contribution in [3.63, 3.8) is 0 Å². The Morgan fingerprint density at radius 2 is 1.71 bits per heavy atom. The van der Waals surface area contributed by atoms with Crippen LogP contribution >= 0.6 is 22.9 Å². The van der Waals surface area contributed by atoms with Crippen LogP contribution in [0.4, 0.5) is 18.9 Å². The molecule has 0 spiro atoms. The minimum absolute atomic E-state index is 0.0114. The quantitative estimate of drug-likeness (QED) is 0.486. The van der Waals surface area contributed by atoms with E-state index < -0.39 is 23.6 Å². The molecule has 1 aliphatic rings. The van der Waals surface area contributed by atoms with Crippen LogP contribution in [0.3, 0.4) is 0 Å². The van der Waals surface area contributed by atoms with Crippen LogP contribution in [-0.2, 0) is 22.3 Å². The van der Waals surface area contributed by atoms with Gasteiger partial charge in [0.05, 0.1) is 17.7 Å². The molecular formula is C22H14ClF3N2O2S. The molecule has 2 aromatic carbocycles. The summed E-state index contributed by atoms with van der Waals surface area (Å²) in [6.07, 6.45) is -4.53. The smallest absolute Gasteiger partial charge is 0.350 e. The van der Waals surface area contributed by atoms with Crippen molar-refractivity contribution in [2.75, 3.05) is 5.32 Å². The van der Waals surface area contributed by atoms with Crippen LogP contribution in [0.1, 0.15) is 16.0 Å². The van der Waals surface area contributed by atoms with Crippen LogP contribution in [0.5, 0.6) is 0 Å². The first-order valence-electron chi connectivity index (χ1n) is 9.07. The number of carbonyl (C=O) groups is 2. The monoisotopic (exact) mass is 462 g/mol. The van der Waals surface area contributed by atoms with Gasteiger partial charge in [0.2, 0.25) is 0 Å². The summed E-state index contributed by atoms with van der Waals surface area (Å²) in [7, 11) is 0. The molecule has 0 fully saturated rings. The summed E-state index contributed by atoms with van der Waals surface area (Å²) >= 11 is 7.15. The van der Waals surface area contributed by atoms with Gasteiger partial charge in [0.25, 0.3) is 11.8 Å². The summed E-state index contributed by atoms with van der Waals surface area (Å²) in [5.74, 6) is -1.13. The maximum Gasteiger partial charge on any atom is 0.416 e. The van der Waals surface area contributed by atoms with Crippen molar-refractivity contribution in [3.8, 4) is 0 Å². The number of hydrogen-bond acceptors (Lipinski definition) is 4. The number of carbonyl (C=O) groups excluding carboxylic acids is 2.